The average molecular weight is 419 g/mol. The molecule has 3 rings (SSSR count). The van der Waals surface area contributed by atoms with Gasteiger partial charge in [0, 0.05) is 11.6 Å². The van der Waals surface area contributed by atoms with Crippen LogP contribution in [-0.2, 0) is 30.5 Å². The molecule has 0 spiro atoms. The molecule has 1 aromatic rings. The van der Waals surface area contributed by atoms with Crippen molar-refractivity contribution in [1.29, 1.82) is 0 Å². The van der Waals surface area contributed by atoms with Crippen LogP contribution in [0.4, 0.5) is 0 Å². The molecule has 1 saturated heterocycles. The summed E-state index contributed by atoms with van der Waals surface area (Å²) in [5.74, 6) is -2.84. The van der Waals surface area contributed by atoms with E-state index in [-0.39, 0.29) is 18.4 Å². The summed E-state index contributed by atoms with van der Waals surface area (Å²) in [5, 5.41) is 3.18. The van der Waals surface area contributed by atoms with E-state index >= 15 is 0 Å². The van der Waals surface area contributed by atoms with Crippen LogP contribution < -0.4 is 5.32 Å². The number of benzene rings is 1. The Kier molecular flexibility index (Phi) is 6.37. The number of carbonyl (C=O) groups is 4. The van der Waals surface area contributed by atoms with E-state index in [0.717, 1.165) is 10.5 Å². The fourth-order valence-corrected chi connectivity index (χ4v) is 3.81. The highest BCUT2D eigenvalue weighted by Gasteiger charge is 2.50. The number of halogens is 1. The lowest BCUT2D eigenvalue weighted by Crippen LogP contribution is -2.46. The van der Waals surface area contributed by atoms with Gasteiger partial charge in [-0.25, -0.2) is 4.79 Å². The minimum absolute atomic E-state index is 0.190. The van der Waals surface area contributed by atoms with E-state index in [1.54, 1.807) is 24.3 Å². The highest BCUT2D eigenvalue weighted by Crippen LogP contribution is 2.36. The maximum Gasteiger partial charge on any atom is 0.329 e. The Labute approximate surface area is 174 Å². The molecule has 0 saturated carbocycles. The number of fused-ring (bicyclic) bond motifs is 1. The number of nitrogens with zero attached hydrogens (tertiary/aromatic N) is 1. The Morgan fingerprint density at radius 1 is 1.14 bits per heavy atom. The average Bonchev–Trinajstić information content (AvgIpc) is 2.97. The van der Waals surface area contributed by atoms with Crippen molar-refractivity contribution in [2.24, 2.45) is 11.8 Å². The first-order chi connectivity index (χ1) is 13.8. The maximum atomic E-state index is 12.6. The number of imide groups is 1. The lowest BCUT2D eigenvalue weighted by molar-refractivity contribution is -0.164. The molecule has 1 N–H and O–H groups in total. The molecule has 1 heterocycles. The van der Waals surface area contributed by atoms with Crippen LogP contribution in [0.1, 0.15) is 32.3 Å². The van der Waals surface area contributed by atoms with Crippen LogP contribution in [0.15, 0.2) is 36.4 Å². The van der Waals surface area contributed by atoms with Gasteiger partial charge in [-0.1, -0.05) is 42.0 Å². The molecule has 8 heteroatoms. The van der Waals surface area contributed by atoms with Gasteiger partial charge in [0.1, 0.15) is 6.04 Å². The Balaban J connectivity index is 1.56. The second-order valence-electron chi connectivity index (χ2n) is 7.27. The van der Waals surface area contributed by atoms with Gasteiger partial charge in [-0.15, -0.1) is 0 Å². The van der Waals surface area contributed by atoms with E-state index < -0.39 is 35.9 Å². The SMILES string of the molecule is C[C@@H](OC(=O)[C@H](C)N1C(=O)[C@H]2CC=CC[C@H]2C1=O)C(=O)NCc1ccccc1Cl. The molecule has 1 aromatic carbocycles. The highest BCUT2D eigenvalue weighted by atomic mass is 35.5. The van der Waals surface area contributed by atoms with Gasteiger partial charge in [-0.2, -0.15) is 0 Å². The molecule has 4 atom stereocenters. The zero-order valence-corrected chi connectivity index (χ0v) is 17.0. The molecule has 0 unspecified atom stereocenters. The lowest BCUT2D eigenvalue weighted by atomic mass is 9.85. The summed E-state index contributed by atoms with van der Waals surface area (Å²) in [6.45, 7) is 3.07. The van der Waals surface area contributed by atoms with Crippen molar-refractivity contribution in [1.82, 2.24) is 10.2 Å². The summed E-state index contributed by atoms with van der Waals surface area (Å²) in [6.07, 6.45) is 3.67. The quantitative estimate of drug-likeness (QED) is 0.434. The molecule has 7 nitrogen and oxygen atoms in total. The lowest BCUT2D eigenvalue weighted by Gasteiger charge is -2.23. The molecule has 0 radical (unpaired) electrons. The second kappa shape index (κ2) is 8.78. The van der Waals surface area contributed by atoms with E-state index in [1.165, 1.54) is 13.8 Å². The topological polar surface area (TPSA) is 92.8 Å². The zero-order valence-electron chi connectivity index (χ0n) is 16.3. The summed E-state index contributed by atoms with van der Waals surface area (Å²) in [4.78, 5) is 50.9. The Morgan fingerprint density at radius 2 is 1.72 bits per heavy atom. The van der Waals surface area contributed by atoms with Gasteiger partial charge in [0.25, 0.3) is 5.91 Å². The first kappa shape index (κ1) is 21.0. The molecular formula is C21H23ClN2O5. The van der Waals surface area contributed by atoms with E-state index in [0.29, 0.717) is 17.9 Å². The molecule has 1 aliphatic carbocycles. The van der Waals surface area contributed by atoms with Crippen LogP contribution in [0.5, 0.6) is 0 Å². The molecule has 154 valence electrons. The third-order valence-corrected chi connectivity index (χ3v) is 5.71. The van der Waals surface area contributed by atoms with Crippen molar-refractivity contribution in [3.63, 3.8) is 0 Å². The number of hydrogen-bond acceptors (Lipinski definition) is 5. The number of ether oxygens (including phenoxy) is 1. The Hall–Kier alpha value is -2.67. The number of likely N-dealkylation sites (tertiary alicyclic amines) is 1. The number of amides is 3. The number of hydrogen-bond donors (Lipinski definition) is 1. The van der Waals surface area contributed by atoms with Gasteiger partial charge in [0.2, 0.25) is 11.8 Å². The summed E-state index contributed by atoms with van der Waals surface area (Å²) in [7, 11) is 0. The van der Waals surface area contributed by atoms with Crippen LogP contribution >= 0.6 is 11.6 Å². The first-order valence-electron chi connectivity index (χ1n) is 9.54. The van der Waals surface area contributed by atoms with Crippen LogP contribution in [0.25, 0.3) is 0 Å². The number of carbonyl (C=O) groups excluding carboxylic acids is 4. The molecule has 2 aliphatic rings. The fraction of sp³-hybridized carbons (Fsp3) is 0.429. The van der Waals surface area contributed by atoms with Crippen LogP contribution in [0, 0.1) is 11.8 Å². The molecule has 1 aliphatic heterocycles. The van der Waals surface area contributed by atoms with Gasteiger partial charge < -0.3 is 10.1 Å². The molecule has 1 fully saturated rings. The summed E-state index contributed by atoms with van der Waals surface area (Å²) in [6, 6.07) is 5.99. The molecular weight excluding hydrogens is 396 g/mol. The van der Waals surface area contributed by atoms with Crippen molar-refractivity contribution < 1.29 is 23.9 Å². The summed E-state index contributed by atoms with van der Waals surface area (Å²) >= 11 is 6.05. The normalized spacial score (nSPS) is 22.8. The molecule has 29 heavy (non-hydrogen) atoms. The second-order valence-corrected chi connectivity index (χ2v) is 7.67. The van der Waals surface area contributed by atoms with E-state index in [1.807, 2.05) is 12.2 Å². The molecule has 0 aromatic heterocycles. The third-order valence-electron chi connectivity index (χ3n) is 5.34. The largest absolute Gasteiger partial charge is 0.451 e. The maximum absolute atomic E-state index is 12.6. The predicted molar refractivity (Wildman–Crippen MR) is 106 cm³/mol. The van der Waals surface area contributed by atoms with Crippen LogP contribution in [-0.4, -0.2) is 40.7 Å². The number of rotatable bonds is 6. The van der Waals surface area contributed by atoms with Crippen molar-refractivity contribution >= 4 is 35.3 Å². The summed E-state index contributed by atoms with van der Waals surface area (Å²) in [5.41, 5.74) is 0.735. The van der Waals surface area contributed by atoms with Gasteiger partial charge in [0.15, 0.2) is 6.10 Å². The monoisotopic (exact) mass is 418 g/mol. The fourth-order valence-electron chi connectivity index (χ4n) is 3.61. The van der Waals surface area contributed by atoms with Gasteiger partial charge >= 0.3 is 5.97 Å². The number of esters is 1. The highest BCUT2D eigenvalue weighted by molar-refractivity contribution is 6.31. The minimum atomic E-state index is -1.08. The van der Waals surface area contributed by atoms with E-state index in [4.69, 9.17) is 16.3 Å². The van der Waals surface area contributed by atoms with Crippen LogP contribution in [0.3, 0.4) is 0 Å². The third kappa shape index (κ3) is 4.34. The predicted octanol–water partition coefficient (Wildman–Crippen LogP) is 2.23. The van der Waals surface area contributed by atoms with Gasteiger partial charge in [0.05, 0.1) is 11.8 Å². The van der Waals surface area contributed by atoms with Crippen LogP contribution in [0.2, 0.25) is 5.02 Å². The Morgan fingerprint density at radius 3 is 2.31 bits per heavy atom. The van der Waals surface area contributed by atoms with E-state index in [2.05, 4.69) is 5.32 Å². The molecule has 0 bridgehead atoms. The van der Waals surface area contributed by atoms with Crippen molar-refractivity contribution in [3.05, 3.63) is 47.0 Å². The standard InChI is InChI=1S/C21H23ClN2O5/c1-12(24-19(26)15-8-4-5-9-16(15)20(24)27)21(28)29-13(2)18(25)23-11-14-7-3-6-10-17(14)22/h3-7,10,12-13,15-16H,8-9,11H2,1-2H3,(H,23,25)/t12-,13+,15-,16+/m0/s1. The van der Waals surface area contributed by atoms with Gasteiger partial charge in [-0.05, 0) is 38.3 Å². The van der Waals surface area contributed by atoms with E-state index in [9.17, 15) is 19.2 Å². The van der Waals surface area contributed by atoms with Crippen molar-refractivity contribution in [3.8, 4) is 0 Å². The van der Waals surface area contributed by atoms with Gasteiger partial charge in [-0.3, -0.25) is 19.3 Å². The summed E-state index contributed by atoms with van der Waals surface area (Å²) < 4.78 is 5.21. The first-order valence-corrected chi connectivity index (χ1v) is 9.92. The smallest absolute Gasteiger partial charge is 0.329 e. The zero-order chi connectivity index (χ0) is 21.1. The molecule has 3 amide bonds. The van der Waals surface area contributed by atoms with Crippen molar-refractivity contribution in [2.75, 3.05) is 0 Å². The van der Waals surface area contributed by atoms with Crippen molar-refractivity contribution in [2.45, 2.75) is 45.4 Å². The minimum Gasteiger partial charge on any atom is -0.451 e. The number of nitrogens with one attached hydrogen (secondary N) is 1. The Bertz CT molecular complexity index is 842. The number of allylic oxidation sites excluding steroid dienone is 2.